The number of aliphatic hydroxyl groups excluding tert-OH is 1. The normalized spacial score (nSPS) is 16.3. The molecule has 2 N–H and O–H groups in total. The molecule has 1 heterocycles. The van der Waals surface area contributed by atoms with E-state index in [1.807, 2.05) is 0 Å². The van der Waals surface area contributed by atoms with Crippen LogP contribution < -0.4 is 14.4 Å². The van der Waals surface area contributed by atoms with E-state index in [-0.39, 0.29) is 56.3 Å². The Morgan fingerprint density at radius 3 is 2.15 bits per heavy atom. The van der Waals surface area contributed by atoms with Gasteiger partial charge in [-0.3, -0.25) is 14.5 Å². The summed E-state index contributed by atoms with van der Waals surface area (Å²) >= 11 is 12.7. The predicted octanol–water partition coefficient (Wildman–Crippen LogP) is 5.52. The summed E-state index contributed by atoms with van der Waals surface area (Å²) in [5.74, 6) is -2.99. The highest BCUT2D eigenvalue weighted by molar-refractivity contribution is 6.52. The lowest BCUT2D eigenvalue weighted by molar-refractivity contribution is -0.132. The lowest BCUT2D eigenvalue weighted by atomic mass is 9.94. The van der Waals surface area contributed by atoms with Gasteiger partial charge in [0.25, 0.3) is 11.7 Å². The van der Waals surface area contributed by atoms with E-state index in [2.05, 4.69) is 0 Å². The van der Waals surface area contributed by atoms with E-state index in [9.17, 15) is 24.6 Å². The van der Waals surface area contributed by atoms with Crippen molar-refractivity contribution < 1.29 is 38.8 Å². The topological polar surface area (TPSA) is 123 Å². The maximum absolute atomic E-state index is 13.4. The third-order valence-electron chi connectivity index (χ3n) is 6.10. The highest BCUT2D eigenvalue weighted by atomic mass is 35.5. The Balaban J connectivity index is 1.94. The molecule has 0 saturated carbocycles. The summed E-state index contributed by atoms with van der Waals surface area (Å²) < 4.78 is 15.6. The van der Waals surface area contributed by atoms with Crippen LogP contribution in [-0.4, -0.2) is 48.7 Å². The SMILES string of the molecule is CCOC(=O)c1ccc(N2C(=O)C(=O)/C(=C(/O)c3cc(Cl)c(OC)c(Cl)c3OC)C2c2ccc(O)cc2)cc1. The molecule has 1 saturated heterocycles. The number of phenols is 1. The molecule has 1 unspecified atom stereocenters. The minimum atomic E-state index is -1.12. The number of carbonyl (C=O) groups excluding carboxylic acids is 3. The number of aliphatic hydroxyl groups is 1. The van der Waals surface area contributed by atoms with Crippen LogP contribution in [0.1, 0.15) is 34.5 Å². The lowest BCUT2D eigenvalue weighted by Gasteiger charge is -2.26. The first-order valence-electron chi connectivity index (χ1n) is 11.6. The van der Waals surface area contributed by atoms with Gasteiger partial charge < -0.3 is 24.4 Å². The molecule has 3 aromatic carbocycles. The van der Waals surface area contributed by atoms with Crippen LogP contribution in [0, 0.1) is 0 Å². The van der Waals surface area contributed by atoms with Gasteiger partial charge >= 0.3 is 5.97 Å². The number of benzene rings is 3. The predicted molar refractivity (Wildman–Crippen MR) is 145 cm³/mol. The van der Waals surface area contributed by atoms with Crippen LogP contribution in [0.3, 0.4) is 0 Å². The number of amides is 1. The zero-order valence-corrected chi connectivity index (χ0v) is 22.5. The Kier molecular flexibility index (Phi) is 8.03. The second-order valence-corrected chi connectivity index (χ2v) is 9.10. The number of hydrogen-bond donors (Lipinski definition) is 2. The van der Waals surface area contributed by atoms with Gasteiger partial charge in [0, 0.05) is 5.69 Å². The van der Waals surface area contributed by atoms with E-state index in [4.69, 9.17) is 37.4 Å². The third kappa shape index (κ3) is 4.98. The van der Waals surface area contributed by atoms with Crippen molar-refractivity contribution in [3.63, 3.8) is 0 Å². The first-order chi connectivity index (χ1) is 18.6. The first kappa shape index (κ1) is 27.8. The number of phenolic OH excluding ortho intramolecular Hbond substituents is 1. The zero-order valence-electron chi connectivity index (χ0n) is 21.0. The van der Waals surface area contributed by atoms with Crippen LogP contribution >= 0.6 is 23.2 Å². The number of methoxy groups -OCH3 is 2. The quantitative estimate of drug-likeness (QED) is 0.164. The van der Waals surface area contributed by atoms with E-state index in [0.717, 1.165) is 0 Å². The number of anilines is 1. The molecule has 1 atom stereocenters. The molecule has 1 amide bonds. The molecule has 4 rings (SSSR count). The lowest BCUT2D eigenvalue weighted by Crippen LogP contribution is -2.29. The summed E-state index contributed by atoms with van der Waals surface area (Å²) in [6.45, 7) is 1.88. The van der Waals surface area contributed by atoms with Crippen molar-refractivity contribution in [1.29, 1.82) is 0 Å². The number of esters is 1. The number of aromatic hydroxyl groups is 1. The Bertz CT molecular complexity index is 1480. The summed E-state index contributed by atoms with van der Waals surface area (Å²) in [6, 6.07) is 11.9. The molecular formula is C28H23Cl2NO8. The molecule has 0 spiro atoms. The van der Waals surface area contributed by atoms with Gasteiger partial charge in [-0.05, 0) is 55.0 Å². The molecule has 0 aliphatic carbocycles. The average Bonchev–Trinajstić information content (AvgIpc) is 3.19. The van der Waals surface area contributed by atoms with Gasteiger partial charge in [0.15, 0.2) is 11.5 Å². The van der Waals surface area contributed by atoms with E-state index in [1.165, 1.54) is 73.7 Å². The Morgan fingerprint density at radius 2 is 1.59 bits per heavy atom. The number of halogens is 2. The van der Waals surface area contributed by atoms with Crippen LogP contribution in [0.4, 0.5) is 5.69 Å². The number of ketones is 1. The van der Waals surface area contributed by atoms with Crippen molar-refractivity contribution in [3.8, 4) is 17.2 Å². The van der Waals surface area contributed by atoms with Crippen molar-refractivity contribution in [1.82, 2.24) is 0 Å². The molecule has 0 aromatic heterocycles. The summed E-state index contributed by atoms with van der Waals surface area (Å²) in [6.07, 6.45) is 0. The minimum Gasteiger partial charge on any atom is -0.508 e. The molecule has 3 aromatic rings. The van der Waals surface area contributed by atoms with E-state index >= 15 is 0 Å². The van der Waals surface area contributed by atoms with Gasteiger partial charge in [0.2, 0.25) is 0 Å². The Hall–Kier alpha value is -4.21. The summed E-state index contributed by atoms with van der Waals surface area (Å²) in [7, 11) is 2.67. The second kappa shape index (κ2) is 11.3. The Labute approximate surface area is 233 Å². The summed E-state index contributed by atoms with van der Waals surface area (Å²) in [4.78, 5) is 40.1. The number of rotatable bonds is 7. The van der Waals surface area contributed by atoms with Gasteiger partial charge in [0.1, 0.15) is 16.5 Å². The maximum Gasteiger partial charge on any atom is 0.338 e. The van der Waals surface area contributed by atoms with Crippen LogP contribution in [0.25, 0.3) is 5.76 Å². The van der Waals surface area contributed by atoms with Gasteiger partial charge in [-0.25, -0.2) is 4.79 Å². The monoisotopic (exact) mass is 571 g/mol. The largest absolute Gasteiger partial charge is 0.508 e. The van der Waals surface area contributed by atoms with Gasteiger partial charge in [-0.15, -0.1) is 0 Å². The van der Waals surface area contributed by atoms with Crippen molar-refractivity contribution in [3.05, 3.63) is 86.9 Å². The van der Waals surface area contributed by atoms with Crippen molar-refractivity contribution in [2.45, 2.75) is 13.0 Å². The zero-order chi connectivity index (χ0) is 28.4. The highest BCUT2D eigenvalue weighted by Crippen LogP contribution is 2.48. The molecule has 202 valence electrons. The van der Waals surface area contributed by atoms with Crippen LogP contribution in [-0.2, 0) is 14.3 Å². The molecule has 1 fully saturated rings. The third-order valence-corrected chi connectivity index (χ3v) is 6.73. The van der Waals surface area contributed by atoms with Gasteiger partial charge in [-0.2, -0.15) is 0 Å². The molecule has 0 radical (unpaired) electrons. The molecule has 0 bridgehead atoms. The van der Waals surface area contributed by atoms with Crippen LogP contribution in [0.2, 0.25) is 10.0 Å². The molecular weight excluding hydrogens is 549 g/mol. The number of hydrogen-bond acceptors (Lipinski definition) is 8. The number of Topliss-reactive ketones (excluding diaryl/α,β-unsaturated/α-hetero) is 1. The van der Waals surface area contributed by atoms with Crippen LogP contribution in [0.5, 0.6) is 17.2 Å². The van der Waals surface area contributed by atoms with E-state index in [0.29, 0.717) is 5.56 Å². The molecule has 39 heavy (non-hydrogen) atoms. The van der Waals surface area contributed by atoms with Gasteiger partial charge in [0.05, 0.1) is 48.6 Å². The first-order valence-corrected chi connectivity index (χ1v) is 12.4. The second-order valence-electron chi connectivity index (χ2n) is 8.31. The maximum atomic E-state index is 13.4. The number of nitrogens with zero attached hydrogens (tertiary/aromatic N) is 1. The van der Waals surface area contributed by atoms with Crippen molar-refractivity contribution in [2.24, 2.45) is 0 Å². The van der Waals surface area contributed by atoms with Gasteiger partial charge in [-0.1, -0.05) is 35.3 Å². The van der Waals surface area contributed by atoms with Crippen molar-refractivity contribution >= 4 is 52.3 Å². The number of ether oxygens (including phenoxy) is 3. The highest BCUT2D eigenvalue weighted by Gasteiger charge is 2.47. The standard InChI is InChI=1S/C28H23Cl2NO8/c1-4-39-28(36)15-5-9-16(10-6-15)31-22(14-7-11-17(32)12-8-14)20(24(34)27(31)35)23(33)18-13-19(29)26(38-3)21(30)25(18)37-2/h5-13,22,32-33H,4H2,1-3H3/b23-20+. The Morgan fingerprint density at radius 1 is 0.974 bits per heavy atom. The van der Waals surface area contributed by atoms with E-state index in [1.54, 1.807) is 6.92 Å². The fourth-order valence-corrected chi connectivity index (χ4v) is 5.02. The van der Waals surface area contributed by atoms with E-state index < -0.39 is 29.5 Å². The molecule has 1 aliphatic heterocycles. The molecule has 9 nitrogen and oxygen atoms in total. The smallest absolute Gasteiger partial charge is 0.338 e. The molecule has 11 heteroatoms. The average molecular weight is 572 g/mol. The van der Waals surface area contributed by atoms with Crippen molar-refractivity contribution in [2.75, 3.05) is 25.7 Å². The summed E-state index contributed by atoms with van der Waals surface area (Å²) in [5.41, 5.74) is 0.641. The minimum absolute atomic E-state index is 0.0233. The fraction of sp³-hybridized carbons (Fsp3) is 0.179. The number of carbonyl (C=O) groups is 3. The molecule has 1 aliphatic rings. The van der Waals surface area contributed by atoms with Crippen LogP contribution in [0.15, 0.2) is 60.2 Å². The fourth-order valence-electron chi connectivity index (χ4n) is 4.34. The summed E-state index contributed by atoms with van der Waals surface area (Å²) in [5, 5.41) is 21.3.